The van der Waals surface area contributed by atoms with Gasteiger partial charge in [0.15, 0.2) is 5.82 Å². The first kappa shape index (κ1) is 19.5. The molecule has 5 nitrogen and oxygen atoms in total. The molecule has 0 saturated heterocycles. The lowest BCUT2D eigenvalue weighted by atomic mass is 9.99. The lowest BCUT2D eigenvalue weighted by molar-refractivity contribution is 0.0697. The number of rotatable bonds is 8. The summed E-state index contributed by atoms with van der Waals surface area (Å²) in [6.07, 6.45) is 3.57. The average molecular weight is 375 g/mol. The van der Waals surface area contributed by atoms with Gasteiger partial charge in [0.05, 0.1) is 12.1 Å². The van der Waals surface area contributed by atoms with Crippen molar-refractivity contribution in [1.82, 2.24) is 14.8 Å². The maximum absolute atomic E-state index is 11.5. The summed E-state index contributed by atoms with van der Waals surface area (Å²) in [6.45, 7) is 8.60. The number of carboxylic acids is 1. The van der Waals surface area contributed by atoms with Gasteiger partial charge in [0.25, 0.3) is 0 Å². The Bertz CT molecular complexity index is 972. The van der Waals surface area contributed by atoms with Crippen LogP contribution in [0.5, 0.6) is 0 Å². The second-order valence-electron chi connectivity index (χ2n) is 7.07. The molecule has 0 aliphatic rings. The van der Waals surface area contributed by atoms with Gasteiger partial charge < -0.3 is 5.11 Å². The van der Waals surface area contributed by atoms with E-state index in [0.717, 1.165) is 41.2 Å². The first-order valence-corrected chi connectivity index (χ1v) is 9.45. The normalized spacial score (nSPS) is 11.0. The third-order valence-corrected chi connectivity index (χ3v) is 4.61. The molecule has 0 spiro atoms. The second kappa shape index (κ2) is 8.65. The molecule has 1 heterocycles. The molecule has 0 aliphatic carbocycles. The van der Waals surface area contributed by atoms with Crippen LogP contribution in [0.4, 0.5) is 0 Å². The van der Waals surface area contributed by atoms with E-state index in [1.54, 1.807) is 12.1 Å². The Morgan fingerprint density at radius 2 is 1.89 bits per heavy atom. The molecule has 2 aromatic carbocycles. The smallest absolute Gasteiger partial charge is 0.336 e. The van der Waals surface area contributed by atoms with Crippen molar-refractivity contribution in [3.63, 3.8) is 0 Å². The highest BCUT2D eigenvalue weighted by atomic mass is 16.4. The number of nitrogens with zero attached hydrogens (tertiary/aromatic N) is 3. The number of hydrogen-bond acceptors (Lipinski definition) is 3. The minimum atomic E-state index is -0.921. The molecular weight excluding hydrogens is 350 g/mol. The van der Waals surface area contributed by atoms with Crippen molar-refractivity contribution in [3.8, 4) is 11.1 Å². The Labute approximate surface area is 165 Å². The predicted octanol–water partition coefficient (Wildman–Crippen LogP) is 4.93. The first-order chi connectivity index (χ1) is 13.5. The second-order valence-corrected chi connectivity index (χ2v) is 7.07. The van der Waals surface area contributed by atoms with E-state index in [1.807, 2.05) is 47.2 Å². The Morgan fingerprint density at radius 3 is 2.54 bits per heavy atom. The molecule has 5 heteroatoms. The van der Waals surface area contributed by atoms with Crippen LogP contribution < -0.4 is 0 Å². The number of aryl methyl sites for hydroxylation is 1. The van der Waals surface area contributed by atoms with E-state index in [2.05, 4.69) is 30.5 Å². The molecule has 1 N–H and O–H groups in total. The van der Waals surface area contributed by atoms with Crippen LogP contribution in [0, 0.1) is 0 Å². The molecule has 0 fully saturated rings. The molecule has 3 aromatic rings. The summed E-state index contributed by atoms with van der Waals surface area (Å²) in [4.78, 5) is 16.1. The molecule has 0 atom stereocenters. The zero-order valence-corrected chi connectivity index (χ0v) is 16.3. The molecular formula is C23H25N3O2. The summed E-state index contributed by atoms with van der Waals surface area (Å²) in [5.41, 5.74) is 3.00. The van der Waals surface area contributed by atoms with E-state index in [4.69, 9.17) is 0 Å². The fourth-order valence-corrected chi connectivity index (χ4v) is 3.06. The highest BCUT2D eigenvalue weighted by Gasteiger charge is 2.13. The largest absolute Gasteiger partial charge is 0.478 e. The average Bonchev–Trinajstić information content (AvgIpc) is 3.10. The SMILES string of the molecule is C=CCCc1nc(C(C)C)nn1Cc1ccc(-c2ccccc2C(=O)O)cc1. The Morgan fingerprint density at radius 1 is 1.18 bits per heavy atom. The molecule has 3 rings (SSSR count). The molecule has 0 unspecified atom stereocenters. The van der Waals surface area contributed by atoms with Crippen LogP contribution >= 0.6 is 0 Å². The van der Waals surface area contributed by atoms with E-state index >= 15 is 0 Å². The highest BCUT2D eigenvalue weighted by Crippen LogP contribution is 2.24. The zero-order chi connectivity index (χ0) is 20.1. The maximum Gasteiger partial charge on any atom is 0.336 e. The summed E-state index contributed by atoms with van der Waals surface area (Å²) >= 11 is 0. The summed E-state index contributed by atoms with van der Waals surface area (Å²) in [5, 5.41) is 14.1. The number of hydrogen-bond donors (Lipinski definition) is 1. The van der Waals surface area contributed by atoms with Crippen molar-refractivity contribution in [2.75, 3.05) is 0 Å². The monoisotopic (exact) mass is 375 g/mol. The third-order valence-electron chi connectivity index (χ3n) is 4.61. The maximum atomic E-state index is 11.5. The van der Waals surface area contributed by atoms with Gasteiger partial charge >= 0.3 is 5.97 Å². The van der Waals surface area contributed by atoms with Crippen molar-refractivity contribution in [3.05, 3.63) is 84.0 Å². The van der Waals surface area contributed by atoms with Crippen LogP contribution in [-0.4, -0.2) is 25.8 Å². The Balaban J connectivity index is 1.85. The van der Waals surface area contributed by atoms with Crippen LogP contribution in [0.2, 0.25) is 0 Å². The first-order valence-electron chi connectivity index (χ1n) is 9.45. The molecule has 0 aliphatic heterocycles. The van der Waals surface area contributed by atoms with E-state index in [0.29, 0.717) is 12.1 Å². The third kappa shape index (κ3) is 4.36. The predicted molar refractivity (Wildman–Crippen MR) is 111 cm³/mol. The number of carbonyl (C=O) groups is 1. The summed E-state index contributed by atoms with van der Waals surface area (Å²) in [7, 11) is 0. The van der Waals surface area contributed by atoms with Crippen LogP contribution in [0.3, 0.4) is 0 Å². The minimum absolute atomic E-state index is 0.277. The van der Waals surface area contributed by atoms with Crippen molar-refractivity contribution < 1.29 is 9.90 Å². The lowest BCUT2D eigenvalue weighted by Crippen LogP contribution is -2.07. The van der Waals surface area contributed by atoms with Crippen LogP contribution in [0.1, 0.15) is 53.8 Å². The molecule has 0 saturated carbocycles. The van der Waals surface area contributed by atoms with Crippen LogP contribution in [0.25, 0.3) is 11.1 Å². The molecule has 0 radical (unpaired) electrons. The van der Waals surface area contributed by atoms with Crippen molar-refractivity contribution in [2.45, 2.75) is 39.2 Å². The lowest BCUT2D eigenvalue weighted by Gasteiger charge is -2.09. The quantitative estimate of drug-likeness (QED) is 0.567. The Kier molecular flexibility index (Phi) is 6.04. The van der Waals surface area contributed by atoms with Crippen molar-refractivity contribution in [2.24, 2.45) is 0 Å². The zero-order valence-electron chi connectivity index (χ0n) is 16.3. The minimum Gasteiger partial charge on any atom is -0.478 e. The molecule has 0 bridgehead atoms. The Hall–Kier alpha value is -3.21. The van der Waals surface area contributed by atoms with E-state index < -0.39 is 5.97 Å². The molecule has 28 heavy (non-hydrogen) atoms. The van der Waals surface area contributed by atoms with Gasteiger partial charge in [-0.15, -0.1) is 6.58 Å². The number of aromatic nitrogens is 3. The van der Waals surface area contributed by atoms with Gasteiger partial charge in [-0.1, -0.05) is 62.4 Å². The number of aromatic carboxylic acids is 1. The van der Waals surface area contributed by atoms with Gasteiger partial charge in [0, 0.05) is 12.3 Å². The number of carboxylic acid groups (broad SMARTS) is 1. The molecule has 0 amide bonds. The standard InChI is InChI=1S/C23H25N3O2/c1-4-5-10-21-24-22(16(2)3)25-26(21)15-17-11-13-18(14-12-17)19-8-6-7-9-20(19)23(27)28/h4,6-9,11-14,16H,1,5,10,15H2,2-3H3,(H,27,28). The fraction of sp³-hybridized carbons (Fsp3) is 0.261. The summed E-state index contributed by atoms with van der Waals surface area (Å²) < 4.78 is 1.96. The summed E-state index contributed by atoms with van der Waals surface area (Å²) in [6, 6.07) is 15.0. The van der Waals surface area contributed by atoms with Gasteiger partial charge in [0.2, 0.25) is 0 Å². The van der Waals surface area contributed by atoms with E-state index in [1.165, 1.54) is 0 Å². The van der Waals surface area contributed by atoms with Crippen molar-refractivity contribution in [1.29, 1.82) is 0 Å². The fourth-order valence-electron chi connectivity index (χ4n) is 3.06. The van der Waals surface area contributed by atoms with E-state index in [9.17, 15) is 9.90 Å². The molecule has 1 aromatic heterocycles. The molecule has 144 valence electrons. The van der Waals surface area contributed by atoms with E-state index in [-0.39, 0.29) is 5.92 Å². The van der Waals surface area contributed by atoms with Gasteiger partial charge in [-0.3, -0.25) is 0 Å². The van der Waals surface area contributed by atoms with Gasteiger partial charge in [-0.25, -0.2) is 14.5 Å². The number of allylic oxidation sites excluding steroid dienone is 1. The van der Waals surface area contributed by atoms with Crippen LogP contribution in [-0.2, 0) is 13.0 Å². The topological polar surface area (TPSA) is 68.0 Å². The van der Waals surface area contributed by atoms with Gasteiger partial charge in [0.1, 0.15) is 5.82 Å². The number of benzene rings is 2. The van der Waals surface area contributed by atoms with Gasteiger partial charge in [-0.2, -0.15) is 5.10 Å². The summed E-state index contributed by atoms with van der Waals surface area (Å²) in [5.74, 6) is 1.17. The van der Waals surface area contributed by atoms with Gasteiger partial charge in [-0.05, 0) is 29.2 Å². The highest BCUT2D eigenvalue weighted by molar-refractivity contribution is 5.95. The van der Waals surface area contributed by atoms with Crippen molar-refractivity contribution >= 4 is 5.97 Å². The van der Waals surface area contributed by atoms with Crippen LogP contribution in [0.15, 0.2) is 61.2 Å².